The van der Waals surface area contributed by atoms with E-state index in [9.17, 15) is 13.2 Å². The first-order chi connectivity index (χ1) is 11.4. The van der Waals surface area contributed by atoms with Crippen LogP contribution in [0.15, 0.2) is 29.2 Å². The van der Waals surface area contributed by atoms with E-state index >= 15 is 0 Å². The van der Waals surface area contributed by atoms with Gasteiger partial charge in [0.05, 0.1) is 4.90 Å². The fourth-order valence-corrected chi connectivity index (χ4v) is 3.43. The van der Waals surface area contributed by atoms with Crippen LogP contribution in [-0.4, -0.2) is 31.1 Å². The van der Waals surface area contributed by atoms with Crippen LogP contribution in [0.5, 0.6) is 0 Å². The van der Waals surface area contributed by atoms with E-state index in [4.69, 9.17) is 5.14 Å². The molecule has 1 aliphatic carbocycles. The first-order valence-corrected chi connectivity index (χ1v) is 9.46. The number of nitrogens with two attached hydrogens (primary N) is 1. The quantitative estimate of drug-likeness (QED) is 0.744. The van der Waals surface area contributed by atoms with Crippen molar-refractivity contribution < 1.29 is 13.2 Å². The zero-order valence-corrected chi connectivity index (χ0v) is 14.0. The lowest BCUT2D eigenvalue weighted by atomic mass is 9.96. The van der Waals surface area contributed by atoms with E-state index in [2.05, 4.69) is 15.5 Å². The Morgan fingerprint density at radius 3 is 2.62 bits per heavy atom. The normalized spacial score (nSPS) is 14.2. The monoisotopic (exact) mass is 348 g/mol. The van der Waals surface area contributed by atoms with Crippen molar-refractivity contribution in [2.45, 2.75) is 37.0 Å². The minimum atomic E-state index is -3.67. The van der Waals surface area contributed by atoms with Gasteiger partial charge in [0.1, 0.15) is 0 Å². The molecule has 0 fully saturated rings. The number of primary sulfonamides is 1. The molecule has 1 heterocycles. The molecule has 4 N–H and O–H groups in total. The second-order valence-corrected chi connectivity index (χ2v) is 7.49. The first kappa shape index (κ1) is 16.7. The van der Waals surface area contributed by atoms with Crippen molar-refractivity contribution in [3.05, 3.63) is 46.8 Å². The van der Waals surface area contributed by atoms with Crippen LogP contribution in [-0.2, 0) is 29.3 Å². The molecule has 1 aliphatic rings. The van der Waals surface area contributed by atoms with Crippen molar-refractivity contribution in [3.63, 3.8) is 0 Å². The maximum Gasteiger partial charge on any atom is 0.272 e. The number of aromatic nitrogens is 2. The van der Waals surface area contributed by atoms with Gasteiger partial charge in [-0.05, 0) is 49.8 Å². The Morgan fingerprint density at radius 2 is 1.92 bits per heavy atom. The highest BCUT2D eigenvalue weighted by atomic mass is 32.2. The minimum absolute atomic E-state index is 0.0819. The molecule has 0 atom stereocenters. The zero-order chi connectivity index (χ0) is 17.2. The van der Waals surface area contributed by atoms with Gasteiger partial charge in [0.2, 0.25) is 10.0 Å². The van der Waals surface area contributed by atoms with Crippen molar-refractivity contribution in [1.29, 1.82) is 0 Å². The molecule has 1 aromatic carbocycles. The Hall–Kier alpha value is -2.19. The predicted molar refractivity (Wildman–Crippen MR) is 89.1 cm³/mol. The fraction of sp³-hybridized carbons (Fsp3) is 0.375. The van der Waals surface area contributed by atoms with Gasteiger partial charge in [-0.3, -0.25) is 9.89 Å². The highest BCUT2D eigenvalue weighted by molar-refractivity contribution is 7.89. The largest absolute Gasteiger partial charge is 0.350 e. The third-order valence-corrected chi connectivity index (χ3v) is 5.15. The van der Waals surface area contributed by atoms with Gasteiger partial charge >= 0.3 is 0 Å². The number of nitrogens with one attached hydrogen (secondary N) is 2. The Balaban J connectivity index is 1.56. The molecular formula is C16H20N4O3S. The lowest BCUT2D eigenvalue weighted by molar-refractivity contribution is 0.0948. The Labute approximate surface area is 140 Å². The topological polar surface area (TPSA) is 118 Å². The van der Waals surface area contributed by atoms with E-state index in [1.165, 1.54) is 12.1 Å². The third-order valence-electron chi connectivity index (χ3n) is 4.22. The summed E-state index contributed by atoms with van der Waals surface area (Å²) in [7, 11) is -3.67. The maximum absolute atomic E-state index is 12.3. The smallest absolute Gasteiger partial charge is 0.272 e. The van der Waals surface area contributed by atoms with Gasteiger partial charge in [0.25, 0.3) is 5.91 Å². The lowest BCUT2D eigenvalue weighted by Crippen LogP contribution is -2.27. The Bertz CT molecular complexity index is 841. The van der Waals surface area contributed by atoms with Gasteiger partial charge in [-0.1, -0.05) is 12.1 Å². The number of hydrogen-bond acceptors (Lipinski definition) is 4. The number of carbonyl (C=O) groups is 1. The molecule has 0 saturated carbocycles. The van der Waals surface area contributed by atoms with Crippen LogP contribution in [0.1, 0.15) is 40.2 Å². The minimum Gasteiger partial charge on any atom is -0.350 e. The number of rotatable bonds is 5. The van der Waals surface area contributed by atoms with Crippen LogP contribution >= 0.6 is 0 Å². The van der Waals surface area contributed by atoms with Crippen molar-refractivity contribution >= 4 is 15.9 Å². The van der Waals surface area contributed by atoms with Gasteiger partial charge < -0.3 is 5.32 Å². The van der Waals surface area contributed by atoms with Gasteiger partial charge in [-0.2, -0.15) is 5.10 Å². The number of aromatic amines is 1. The summed E-state index contributed by atoms with van der Waals surface area (Å²) in [6.07, 6.45) is 4.66. The standard InChI is InChI=1S/C16H20N4O3S/c17-24(22,23)12-7-5-11(6-8-12)9-10-18-16(21)15-13-3-1-2-4-14(13)19-20-15/h5-8H,1-4,9-10H2,(H,18,21)(H,19,20)(H2,17,22,23). The number of carbonyl (C=O) groups excluding carboxylic acids is 1. The van der Waals surface area contributed by atoms with Crippen LogP contribution in [0.3, 0.4) is 0 Å². The summed E-state index contributed by atoms with van der Waals surface area (Å²) < 4.78 is 22.4. The second-order valence-electron chi connectivity index (χ2n) is 5.93. The van der Waals surface area contributed by atoms with E-state index in [0.717, 1.165) is 42.5 Å². The molecule has 2 aromatic rings. The highest BCUT2D eigenvalue weighted by Gasteiger charge is 2.21. The molecule has 0 unspecified atom stereocenters. The first-order valence-electron chi connectivity index (χ1n) is 7.91. The SMILES string of the molecule is NS(=O)(=O)c1ccc(CCNC(=O)c2n[nH]c3c2CCCC3)cc1. The van der Waals surface area contributed by atoms with Crippen LogP contribution in [0.2, 0.25) is 0 Å². The van der Waals surface area contributed by atoms with E-state index in [1.54, 1.807) is 12.1 Å². The van der Waals surface area contributed by atoms with Crippen LogP contribution in [0.4, 0.5) is 0 Å². The van der Waals surface area contributed by atoms with Gasteiger partial charge in [0.15, 0.2) is 5.69 Å². The van der Waals surface area contributed by atoms with Crippen molar-refractivity contribution in [2.75, 3.05) is 6.54 Å². The number of H-pyrrole nitrogens is 1. The van der Waals surface area contributed by atoms with Gasteiger partial charge in [-0.25, -0.2) is 13.6 Å². The number of nitrogens with zero attached hydrogens (tertiary/aromatic N) is 1. The van der Waals surface area contributed by atoms with Gasteiger partial charge in [-0.15, -0.1) is 0 Å². The molecule has 8 heteroatoms. The van der Waals surface area contributed by atoms with E-state index < -0.39 is 10.0 Å². The predicted octanol–water partition coefficient (Wildman–Crippen LogP) is 0.908. The molecular weight excluding hydrogens is 328 g/mol. The summed E-state index contributed by atoms with van der Waals surface area (Å²) in [6, 6.07) is 6.33. The third kappa shape index (κ3) is 3.65. The molecule has 128 valence electrons. The van der Waals surface area contributed by atoms with Crippen molar-refractivity contribution in [2.24, 2.45) is 5.14 Å². The molecule has 0 radical (unpaired) electrons. The second kappa shape index (κ2) is 6.74. The molecule has 0 spiro atoms. The molecule has 0 bridgehead atoms. The zero-order valence-electron chi connectivity index (χ0n) is 13.2. The molecule has 7 nitrogen and oxygen atoms in total. The van der Waals surface area contributed by atoms with Crippen LogP contribution < -0.4 is 10.5 Å². The fourth-order valence-electron chi connectivity index (χ4n) is 2.92. The molecule has 3 rings (SSSR count). The summed E-state index contributed by atoms with van der Waals surface area (Å²) in [6.45, 7) is 0.454. The average Bonchev–Trinajstić information content (AvgIpc) is 2.98. The van der Waals surface area contributed by atoms with Crippen molar-refractivity contribution in [3.8, 4) is 0 Å². The maximum atomic E-state index is 12.3. The average molecular weight is 348 g/mol. The van der Waals surface area contributed by atoms with Crippen LogP contribution in [0.25, 0.3) is 0 Å². The summed E-state index contributed by atoms with van der Waals surface area (Å²) in [4.78, 5) is 12.3. The number of sulfonamides is 1. The Kier molecular flexibility index (Phi) is 4.68. The lowest BCUT2D eigenvalue weighted by Gasteiger charge is -2.11. The molecule has 0 aliphatic heterocycles. The molecule has 0 saturated heterocycles. The number of amides is 1. The number of benzene rings is 1. The van der Waals surface area contributed by atoms with E-state index in [-0.39, 0.29) is 10.8 Å². The molecule has 1 aromatic heterocycles. The highest BCUT2D eigenvalue weighted by Crippen LogP contribution is 2.21. The molecule has 24 heavy (non-hydrogen) atoms. The number of fused-ring (bicyclic) bond motifs is 1. The summed E-state index contributed by atoms with van der Waals surface area (Å²) in [5.41, 5.74) is 3.53. The summed E-state index contributed by atoms with van der Waals surface area (Å²) in [5, 5.41) is 15.0. The Morgan fingerprint density at radius 1 is 1.21 bits per heavy atom. The summed E-state index contributed by atoms with van der Waals surface area (Å²) >= 11 is 0. The number of aryl methyl sites for hydroxylation is 1. The van der Waals surface area contributed by atoms with Crippen LogP contribution in [0, 0.1) is 0 Å². The van der Waals surface area contributed by atoms with E-state index in [1.807, 2.05) is 0 Å². The van der Waals surface area contributed by atoms with E-state index in [0.29, 0.717) is 18.7 Å². The summed E-state index contributed by atoms with van der Waals surface area (Å²) in [5.74, 6) is -0.171. The molecule has 1 amide bonds. The van der Waals surface area contributed by atoms with Gasteiger partial charge in [0, 0.05) is 17.8 Å². The van der Waals surface area contributed by atoms with Crippen molar-refractivity contribution in [1.82, 2.24) is 15.5 Å². The number of hydrogen-bond donors (Lipinski definition) is 3.